The highest BCUT2D eigenvalue weighted by atomic mass is 16.5. The van der Waals surface area contributed by atoms with Gasteiger partial charge in [-0.3, -0.25) is 4.79 Å². The predicted molar refractivity (Wildman–Crippen MR) is 106 cm³/mol. The van der Waals surface area contributed by atoms with E-state index in [2.05, 4.69) is 28.4 Å². The molecule has 4 rings (SSSR count). The molecule has 0 saturated carbocycles. The van der Waals surface area contributed by atoms with Crippen molar-refractivity contribution >= 4 is 11.7 Å². The van der Waals surface area contributed by atoms with Crippen LogP contribution < -0.4 is 14.8 Å². The summed E-state index contributed by atoms with van der Waals surface area (Å²) in [5.74, 6) is 1.98. The monoisotopic (exact) mass is 382 g/mol. The maximum absolute atomic E-state index is 12.8. The summed E-state index contributed by atoms with van der Waals surface area (Å²) in [6.07, 6.45) is 8.23. The number of anilines is 1. The number of hydrogen-bond acceptors (Lipinski definition) is 6. The number of aromatic nitrogens is 3. The van der Waals surface area contributed by atoms with Crippen LogP contribution in [-0.2, 0) is 4.79 Å². The first kappa shape index (κ1) is 18.5. The van der Waals surface area contributed by atoms with E-state index >= 15 is 0 Å². The smallest absolute Gasteiger partial charge is 0.226 e. The van der Waals surface area contributed by atoms with E-state index < -0.39 is 0 Å². The van der Waals surface area contributed by atoms with Gasteiger partial charge in [-0.25, -0.2) is 4.68 Å². The van der Waals surface area contributed by atoms with Gasteiger partial charge in [0.1, 0.15) is 12.1 Å². The molecule has 0 spiro atoms. The minimum atomic E-state index is -0.288. The average molecular weight is 382 g/mol. The molecule has 2 heterocycles. The molecule has 0 fully saturated rings. The quantitative estimate of drug-likeness (QED) is 0.735. The Morgan fingerprint density at radius 2 is 2.18 bits per heavy atom. The number of fused-ring (bicyclic) bond motifs is 2. The van der Waals surface area contributed by atoms with Gasteiger partial charge in [0.2, 0.25) is 5.95 Å². The number of allylic oxidation sites excluding steroid dienone is 2. The maximum atomic E-state index is 12.8. The third-order valence-corrected chi connectivity index (χ3v) is 5.38. The first-order valence-electron chi connectivity index (χ1n) is 9.93. The molecule has 1 aliphatic heterocycles. The van der Waals surface area contributed by atoms with E-state index in [1.807, 2.05) is 18.2 Å². The van der Waals surface area contributed by atoms with E-state index in [0.717, 1.165) is 42.7 Å². The number of methoxy groups -OCH3 is 1. The van der Waals surface area contributed by atoms with Crippen molar-refractivity contribution in [3.05, 3.63) is 41.9 Å². The van der Waals surface area contributed by atoms with E-state index in [1.165, 1.54) is 6.33 Å². The number of rotatable bonds is 7. The highest BCUT2D eigenvalue weighted by Gasteiger charge is 2.41. The van der Waals surface area contributed by atoms with Crippen molar-refractivity contribution in [1.29, 1.82) is 0 Å². The number of ketones is 1. The van der Waals surface area contributed by atoms with Crippen LogP contribution in [0.1, 0.15) is 50.6 Å². The molecular weight excluding hydrogens is 356 g/mol. The summed E-state index contributed by atoms with van der Waals surface area (Å²) in [4.78, 5) is 17.1. The summed E-state index contributed by atoms with van der Waals surface area (Å²) >= 11 is 0. The average Bonchev–Trinajstić information content (AvgIpc) is 3.18. The molecule has 0 amide bonds. The third kappa shape index (κ3) is 3.37. The largest absolute Gasteiger partial charge is 0.493 e. The van der Waals surface area contributed by atoms with Crippen LogP contribution in [0, 0.1) is 5.92 Å². The van der Waals surface area contributed by atoms with Crippen LogP contribution in [-0.4, -0.2) is 34.3 Å². The second-order valence-electron chi connectivity index (χ2n) is 7.21. The van der Waals surface area contributed by atoms with Gasteiger partial charge in [0.05, 0.1) is 25.7 Å². The van der Waals surface area contributed by atoms with Gasteiger partial charge in [-0.1, -0.05) is 31.9 Å². The molecule has 1 aliphatic carbocycles. The fourth-order valence-corrected chi connectivity index (χ4v) is 3.97. The van der Waals surface area contributed by atoms with Gasteiger partial charge in [-0.15, -0.1) is 0 Å². The lowest BCUT2D eigenvalue weighted by molar-refractivity contribution is -0.123. The van der Waals surface area contributed by atoms with Crippen molar-refractivity contribution in [2.24, 2.45) is 5.92 Å². The minimum Gasteiger partial charge on any atom is -0.493 e. The van der Waals surface area contributed by atoms with Crippen molar-refractivity contribution in [2.75, 3.05) is 19.0 Å². The Morgan fingerprint density at radius 1 is 1.29 bits per heavy atom. The number of carbonyl (C=O) groups excluding carboxylic acids is 1. The van der Waals surface area contributed by atoms with Crippen molar-refractivity contribution in [1.82, 2.24) is 14.8 Å². The van der Waals surface area contributed by atoms with Crippen LogP contribution >= 0.6 is 0 Å². The minimum absolute atomic E-state index is 0.218. The van der Waals surface area contributed by atoms with Crippen LogP contribution in [0.15, 0.2) is 36.3 Å². The van der Waals surface area contributed by atoms with Crippen molar-refractivity contribution in [3.63, 3.8) is 0 Å². The number of carbonyl (C=O) groups is 1. The SMILES string of the molecule is CCCCCOc1ccc([C@H]2[C@@H]3C(=O)CCC=C3Nc3ncnn32)cc1OC. The summed E-state index contributed by atoms with van der Waals surface area (Å²) in [6.45, 7) is 2.83. The molecule has 0 saturated heterocycles. The summed E-state index contributed by atoms with van der Waals surface area (Å²) in [5, 5.41) is 7.64. The van der Waals surface area contributed by atoms with Crippen LogP contribution in [0.2, 0.25) is 0 Å². The van der Waals surface area contributed by atoms with Gasteiger partial charge in [0.25, 0.3) is 0 Å². The molecule has 0 unspecified atom stereocenters. The van der Waals surface area contributed by atoms with Gasteiger partial charge in [-0.2, -0.15) is 10.1 Å². The van der Waals surface area contributed by atoms with E-state index in [1.54, 1.807) is 11.8 Å². The molecule has 28 heavy (non-hydrogen) atoms. The van der Waals surface area contributed by atoms with Gasteiger partial charge in [0, 0.05) is 12.1 Å². The molecule has 0 bridgehead atoms. The van der Waals surface area contributed by atoms with E-state index in [4.69, 9.17) is 9.47 Å². The molecule has 2 atom stereocenters. The van der Waals surface area contributed by atoms with E-state index in [-0.39, 0.29) is 17.7 Å². The van der Waals surface area contributed by atoms with Crippen LogP contribution in [0.25, 0.3) is 0 Å². The molecule has 1 aromatic carbocycles. The number of nitrogens with one attached hydrogen (secondary N) is 1. The molecule has 7 nitrogen and oxygen atoms in total. The number of hydrogen-bond donors (Lipinski definition) is 1. The summed E-state index contributed by atoms with van der Waals surface area (Å²) in [6, 6.07) is 5.63. The van der Waals surface area contributed by atoms with Crippen molar-refractivity contribution < 1.29 is 14.3 Å². The predicted octanol–water partition coefficient (Wildman–Crippen LogP) is 3.73. The fraction of sp³-hybridized carbons (Fsp3) is 0.476. The normalized spacial score (nSPS) is 20.6. The number of Topliss-reactive ketones (excluding diaryl/α,β-unsaturated/α-hetero) is 1. The highest BCUT2D eigenvalue weighted by molar-refractivity contribution is 5.87. The standard InChI is InChI=1S/C21H26N4O3/c1-3-4-5-11-28-17-10-9-14(12-18(17)27-2)20-19-15(7-6-8-16(19)26)24-21-22-13-23-25(20)21/h7,9-10,12-13,19-20H,3-6,8,11H2,1-2H3,(H,22,23,24)/t19-,20-/m0/s1. The van der Waals surface area contributed by atoms with E-state index in [0.29, 0.717) is 24.7 Å². The van der Waals surface area contributed by atoms with Crippen molar-refractivity contribution in [2.45, 2.75) is 45.1 Å². The first-order chi connectivity index (χ1) is 13.7. The lowest BCUT2D eigenvalue weighted by Crippen LogP contribution is -2.38. The van der Waals surface area contributed by atoms with Crippen LogP contribution in [0.3, 0.4) is 0 Å². The second-order valence-corrected chi connectivity index (χ2v) is 7.21. The Bertz CT molecular complexity index is 890. The fourth-order valence-electron chi connectivity index (χ4n) is 3.97. The van der Waals surface area contributed by atoms with Gasteiger partial charge < -0.3 is 14.8 Å². The Kier molecular flexibility index (Phi) is 5.32. The topological polar surface area (TPSA) is 78.3 Å². The molecule has 7 heteroatoms. The summed E-state index contributed by atoms with van der Waals surface area (Å²) in [7, 11) is 1.64. The lowest BCUT2D eigenvalue weighted by atomic mass is 9.81. The van der Waals surface area contributed by atoms with E-state index in [9.17, 15) is 4.79 Å². The van der Waals surface area contributed by atoms with Gasteiger partial charge in [0.15, 0.2) is 11.5 Å². The second kappa shape index (κ2) is 8.04. The highest BCUT2D eigenvalue weighted by Crippen LogP contribution is 2.42. The van der Waals surface area contributed by atoms with Crippen molar-refractivity contribution in [3.8, 4) is 11.5 Å². The number of ether oxygens (including phenoxy) is 2. The maximum Gasteiger partial charge on any atom is 0.226 e. The first-order valence-corrected chi connectivity index (χ1v) is 9.93. The zero-order valence-electron chi connectivity index (χ0n) is 16.4. The molecule has 148 valence electrons. The zero-order chi connectivity index (χ0) is 19.5. The third-order valence-electron chi connectivity index (χ3n) is 5.38. The lowest BCUT2D eigenvalue weighted by Gasteiger charge is -2.36. The molecule has 2 aromatic rings. The zero-order valence-corrected chi connectivity index (χ0v) is 16.4. The Morgan fingerprint density at radius 3 is 3.00 bits per heavy atom. The van der Waals surface area contributed by atoms with Gasteiger partial charge >= 0.3 is 0 Å². The summed E-state index contributed by atoms with van der Waals surface area (Å²) in [5.41, 5.74) is 1.87. The number of benzene rings is 1. The molecule has 2 aliphatic rings. The van der Waals surface area contributed by atoms with Crippen LogP contribution in [0.4, 0.5) is 5.95 Å². The molecule has 0 radical (unpaired) electrons. The molecular formula is C21H26N4O3. The molecule has 1 aromatic heterocycles. The Hall–Kier alpha value is -2.83. The number of unbranched alkanes of at least 4 members (excludes halogenated alkanes) is 2. The molecule has 1 N–H and O–H groups in total. The van der Waals surface area contributed by atoms with Crippen LogP contribution in [0.5, 0.6) is 11.5 Å². The number of nitrogens with zero attached hydrogens (tertiary/aromatic N) is 3. The Balaban J connectivity index is 1.68. The summed E-state index contributed by atoms with van der Waals surface area (Å²) < 4.78 is 13.3. The Labute approximate surface area is 164 Å². The van der Waals surface area contributed by atoms with Gasteiger partial charge in [-0.05, 0) is 30.5 Å².